The van der Waals surface area contributed by atoms with Crippen molar-refractivity contribution in [1.82, 2.24) is 15.5 Å². The van der Waals surface area contributed by atoms with Gasteiger partial charge in [0.25, 0.3) is 0 Å². The van der Waals surface area contributed by atoms with Crippen LogP contribution in [0, 0.1) is 5.41 Å². The number of ether oxygens (including phenoxy) is 1. The number of hydrogen-bond acceptors (Lipinski definition) is 3. The van der Waals surface area contributed by atoms with E-state index in [4.69, 9.17) is 16.3 Å². The molecule has 0 fully saturated rings. The number of nitrogens with one attached hydrogen (secondary N) is 2. The lowest BCUT2D eigenvalue weighted by molar-refractivity contribution is -0.128. The number of halogens is 1. The van der Waals surface area contributed by atoms with Crippen molar-refractivity contribution in [1.29, 1.82) is 0 Å². The first kappa shape index (κ1) is 21.1. The minimum Gasteiger partial charge on any atom is -0.492 e. The highest BCUT2D eigenvalue weighted by Gasteiger charge is 2.26. The van der Waals surface area contributed by atoms with Crippen LogP contribution in [0.1, 0.15) is 20.8 Å². The molecule has 1 aromatic rings. The Morgan fingerprint density at radius 3 is 2.72 bits per heavy atom. The summed E-state index contributed by atoms with van der Waals surface area (Å²) >= 11 is 5.95. The summed E-state index contributed by atoms with van der Waals surface area (Å²) in [6, 6.07) is 7.32. The molecule has 25 heavy (non-hydrogen) atoms. The van der Waals surface area contributed by atoms with Crippen molar-refractivity contribution < 1.29 is 9.53 Å². The summed E-state index contributed by atoms with van der Waals surface area (Å²) < 4.78 is 5.71. The molecular weight excluding hydrogens is 340 g/mol. The fourth-order valence-corrected chi connectivity index (χ4v) is 2.30. The maximum Gasteiger partial charge on any atom is 0.227 e. The number of rotatable bonds is 8. The van der Waals surface area contributed by atoms with Gasteiger partial charge in [0.05, 0.1) is 18.5 Å². The monoisotopic (exact) mass is 368 g/mol. The Labute approximate surface area is 155 Å². The third-order valence-electron chi connectivity index (χ3n) is 3.65. The molecular formula is C18H29ClN4O2. The van der Waals surface area contributed by atoms with Crippen LogP contribution in [0.4, 0.5) is 0 Å². The van der Waals surface area contributed by atoms with Gasteiger partial charge in [-0.2, -0.15) is 0 Å². The molecule has 0 bridgehead atoms. The van der Waals surface area contributed by atoms with Crippen LogP contribution in [0.25, 0.3) is 0 Å². The maximum atomic E-state index is 11.9. The average molecular weight is 369 g/mol. The van der Waals surface area contributed by atoms with Crippen molar-refractivity contribution in [3.05, 3.63) is 29.3 Å². The minimum atomic E-state index is -0.562. The van der Waals surface area contributed by atoms with Crippen molar-refractivity contribution in [2.45, 2.75) is 20.8 Å². The van der Waals surface area contributed by atoms with E-state index in [0.29, 0.717) is 24.7 Å². The van der Waals surface area contributed by atoms with Crippen molar-refractivity contribution >= 4 is 23.5 Å². The molecule has 0 aliphatic carbocycles. The lowest BCUT2D eigenvalue weighted by Gasteiger charge is -2.25. The molecule has 0 aromatic heterocycles. The standard InChI is InChI=1S/C18H29ClN4O2/c1-6-21-17(22-13-18(2,3)16(24)20-4)23(5)10-11-25-15-9-7-8-14(19)12-15/h7-9,12H,6,10-11,13H2,1-5H3,(H,20,24)(H,21,22). The highest BCUT2D eigenvalue weighted by Crippen LogP contribution is 2.17. The van der Waals surface area contributed by atoms with Crippen LogP contribution in [0.2, 0.25) is 5.02 Å². The molecule has 140 valence electrons. The number of carbonyl (C=O) groups excluding carboxylic acids is 1. The third-order valence-corrected chi connectivity index (χ3v) is 3.89. The number of carbonyl (C=O) groups is 1. The second kappa shape index (κ2) is 10.1. The van der Waals surface area contributed by atoms with Crippen LogP contribution >= 0.6 is 11.6 Å². The van der Waals surface area contributed by atoms with E-state index in [-0.39, 0.29) is 5.91 Å². The minimum absolute atomic E-state index is 0.0287. The zero-order chi connectivity index (χ0) is 18.9. The molecule has 0 saturated carbocycles. The molecule has 7 heteroatoms. The van der Waals surface area contributed by atoms with Gasteiger partial charge in [0.1, 0.15) is 12.4 Å². The van der Waals surface area contributed by atoms with Crippen LogP contribution < -0.4 is 15.4 Å². The zero-order valence-electron chi connectivity index (χ0n) is 15.7. The van der Waals surface area contributed by atoms with Crippen molar-refractivity contribution in [3.63, 3.8) is 0 Å². The highest BCUT2D eigenvalue weighted by molar-refractivity contribution is 6.30. The fourth-order valence-electron chi connectivity index (χ4n) is 2.12. The van der Waals surface area contributed by atoms with Crippen LogP contribution in [0.3, 0.4) is 0 Å². The highest BCUT2D eigenvalue weighted by atomic mass is 35.5. The molecule has 1 aromatic carbocycles. The molecule has 0 aliphatic heterocycles. The summed E-state index contributed by atoms with van der Waals surface area (Å²) in [7, 11) is 3.58. The second-order valence-electron chi connectivity index (χ2n) is 6.36. The van der Waals surface area contributed by atoms with Crippen LogP contribution in [0.15, 0.2) is 29.3 Å². The van der Waals surface area contributed by atoms with E-state index >= 15 is 0 Å². The van der Waals surface area contributed by atoms with Gasteiger partial charge >= 0.3 is 0 Å². The van der Waals surface area contributed by atoms with Crippen LogP contribution in [-0.2, 0) is 4.79 Å². The van der Waals surface area contributed by atoms with E-state index in [1.54, 1.807) is 13.1 Å². The number of hydrogen-bond donors (Lipinski definition) is 2. The number of likely N-dealkylation sites (N-methyl/N-ethyl adjacent to an activating group) is 1. The lowest BCUT2D eigenvalue weighted by Crippen LogP contribution is -2.43. The average Bonchev–Trinajstić information content (AvgIpc) is 2.57. The van der Waals surface area contributed by atoms with Gasteiger partial charge in [-0.3, -0.25) is 9.79 Å². The Morgan fingerprint density at radius 1 is 1.40 bits per heavy atom. The molecule has 0 heterocycles. The summed E-state index contributed by atoms with van der Waals surface area (Å²) in [6.07, 6.45) is 0. The second-order valence-corrected chi connectivity index (χ2v) is 6.80. The fraction of sp³-hybridized carbons (Fsp3) is 0.556. The predicted octanol–water partition coefficient (Wildman–Crippen LogP) is 2.39. The summed E-state index contributed by atoms with van der Waals surface area (Å²) in [5, 5.41) is 6.56. The normalized spacial score (nSPS) is 11.8. The molecule has 0 radical (unpaired) electrons. The largest absolute Gasteiger partial charge is 0.492 e. The van der Waals surface area contributed by atoms with Gasteiger partial charge in [0, 0.05) is 25.7 Å². The molecule has 0 spiro atoms. The first-order chi connectivity index (χ1) is 11.8. The summed E-state index contributed by atoms with van der Waals surface area (Å²) in [6.45, 7) is 8.06. The molecule has 0 saturated heterocycles. The lowest BCUT2D eigenvalue weighted by atomic mass is 9.93. The van der Waals surface area contributed by atoms with E-state index in [2.05, 4.69) is 15.6 Å². The summed E-state index contributed by atoms with van der Waals surface area (Å²) in [4.78, 5) is 18.5. The molecule has 0 aliphatic rings. The van der Waals surface area contributed by atoms with E-state index in [1.165, 1.54) is 0 Å². The molecule has 1 rings (SSSR count). The third kappa shape index (κ3) is 7.22. The zero-order valence-corrected chi connectivity index (χ0v) is 16.5. The molecule has 2 N–H and O–H groups in total. The van der Waals surface area contributed by atoms with E-state index < -0.39 is 5.41 Å². The van der Waals surface area contributed by atoms with Gasteiger partial charge in [0.15, 0.2) is 5.96 Å². The van der Waals surface area contributed by atoms with E-state index in [0.717, 1.165) is 18.3 Å². The Balaban J connectivity index is 2.61. The van der Waals surface area contributed by atoms with Gasteiger partial charge in [-0.1, -0.05) is 17.7 Å². The van der Waals surface area contributed by atoms with Crippen LogP contribution in [-0.4, -0.2) is 57.1 Å². The number of aliphatic imine (C=N–C) groups is 1. The number of nitrogens with zero attached hydrogens (tertiary/aromatic N) is 2. The maximum absolute atomic E-state index is 11.9. The molecule has 6 nitrogen and oxygen atoms in total. The Kier molecular flexibility index (Phi) is 8.55. The number of guanidine groups is 1. The molecule has 0 unspecified atom stereocenters. The van der Waals surface area contributed by atoms with Crippen molar-refractivity contribution in [2.75, 3.05) is 40.3 Å². The SMILES string of the molecule is CCNC(=NCC(C)(C)C(=O)NC)N(C)CCOc1cccc(Cl)c1. The van der Waals surface area contributed by atoms with Gasteiger partial charge in [-0.25, -0.2) is 0 Å². The van der Waals surface area contributed by atoms with E-state index in [9.17, 15) is 4.79 Å². The number of benzene rings is 1. The van der Waals surface area contributed by atoms with Gasteiger partial charge in [-0.15, -0.1) is 0 Å². The summed E-state index contributed by atoms with van der Waals surface area (Å²) in [5.74, 6) is 1.46. The van der Waals surface area contributed by atoms with Crippen molar-refractivity contribution in [3.8, 4) is 5.75 Å². The van der Waals surface area contributed by atoms with Crippen molar-refractivity contribution in [2.24, 2.45) is 10.4 Å². The first-order valence-electron chi connectivity index (χ1n) is 8.40. The quantitative estimate of drug-likeness (QED) is 0.546. The van der Waals surface area contributed by atoms with E-state index in [1.807, 2.05) is 50.9 Å². The predicted molar refractivity (Wildman–Crippen MR) is 103 cm³/mol. The van der Waals surface area contributed by atoms with Crippen LogP contribution in [0.5, 0.6) is 5.75 Å². The topological polar surface area (TPSA) is 66.0 Å². The Hall–Kier alpha value is -1.95. The number of amides is 1. The van der Waals surface area contributed by atoms with Gasteiger partial charge in [-0.05, 0) is 39.0 Å². The molecule has 1 amide bonds. The smallest absolute Gasteiger partial charge is 0.227 e. The summed E-state index contributed by atoms with van der Waals surface area (Å²) in [5.41, 5.74) is -0.562. The first-order valence-corrected chi connectivity index (χ1v) is 8.78. The van der Waals surface area contributed by atoms with Gasteiger partial charge < -0.3 is 20.3 Å². The Morgan fingerprint density at radius 2 is 2.12 bits per heavy atom. The Bertz CT molecular complexity index is 590. The van der Waals surface area contributed by atoms with Gasteiger partial charge in [0.2, 0.25) is 5.91 Å². The molecule has 0 atom stereocenters.